The van der Waals surface area contributed by atoms with Crippen LogP contribution in [0.5, 0.6) is 0 Å². The van der Waals surface area contributed by atoms with Crippen molar-refractivity contribution in [1.82, 2.24) is 15.5 Å². The molecular formula is C17H27N5O2S. The van der Waals surface area contributed by atoms with Crippen LogP contribution in [-0.2, 0) is 9.59 Å². The molecule has 0 spiro atoms. The summed E-state index contributed by atoms with van der Waals surface area (Å²) in [5.74, 6) is 0.723. The number of aromatic nitrogens is 2. The molecule has 2 fully saturated rings. The van der Waals surface area contributed by atoms with Gasteiger partial charge in [-0.2, -0.15) is 0 Å². The van der Waals surface area contributed by atoms with Crippen LogP contribution in [0.2, 0.25) is 0 Å². The van der Waals surface area contributed by atoms with Crippen molar-refractivity contribution >= 4 is 33.4 Å². The Balaban J connectivity index is 1.62. The minimum Gasteiger partial charge on any atom is -0.356 e. The van der Waals surface area contributed by atoms with E-state index in [-0.39, 0.29) is 17.7 Å². The molecule has 0 aromatic carbocycles. The molecule has 0 aliphatic carbocycles. The monoisotopic (exact) mass is 365 g/mol. The average Bonchev–Trinajstić information content (AvgIpc) is 3.10. The van der Waals surface area contributed by atoms with E-state index < -0.39 is 0 Å². The van der Waals surface area contributed by atoms with E-state index in [0.717, 1.165) is 50.4 Å². The number of hydrogen-bond acceptors (Lipinski definition) is 6. The fourth-order valence-corrected chi connectivity index (χ4v) is 4.19. The number of carbonyl (C=O) groups is 2. The first kappa shape index (κ1) is 18.1. The van der Waals surface area contributed by atoms with Gasteiger partial charge in [0.1, 0.15) is 0 Å². The zero-order valence-electron chi connectivity index (χ0n) is 15.0. The summed E-state index contributed by atoms with van der Waals surface area (Å²) in [7, 11) is 0. The summed E-state index contributed by atoms with van der Waals surface area (Å²) in [5.41, 5.74) is 0. The predicted molar refractivity (Wildman–Crippen MR) is 98.9 cm³/mol. The fraction of sp³-hybridized carbons (Fsp3) is 0.765. The molecule has 0 bridgehead atoms. The van der Waals surface area contributed by atoms with E-state index in [1.807, 2.05) is 0 Å². The second-order valence-corrected chi connectivity index (χ2v) is 8.23. The number of hydrogen-bond donors (Lipinski definition) is 1. The van der Waals surface area contributed by atoms with Gasteiger partial charge in [-0.3, -0.25) is 14.5 Å². The number of nitrogens with zero attached hydrogens (tertiary/aromatic N) is 4. The SMILES string of the molecule is CC(C)CNC(=O)C1CCCN(c2nnc(N3CCCCC3=O)s2)C1. The molecule has 1 unspecified atom stereocenters. The molecular weight excluding hydrogens is 338 g/mol. The Morgan fingerprint density at radius 2 is 2.04 bits per heavy atom. The van der Waals surface area contributed by atoms with Crippen LogP contribution in [0.3, 0.4) is 0 Å². The lowest BCUT2D eigenvalue weighted by Gasteiger charge is -2.31. The highest BCUT2D eigenvalue weighted by Gasteiger charge is 2.29. The minimum absolute atomic E-state index is 0.00327. The number of rotatable bonds is 5. The Morgan fingerprint density at radius 3 is 2.80 bits per heavy atom. The molecule has 1 aromatic rings. The zero-order valence-corrected chi connectivity index (χ0v) is 15.8. The van der Waals surface area contributed by atoms with Crippen LogP contribution in [0.25, 0.3) is 0 Å². The summed E-state index contributed by atoms with van der Waals surface area (Å²) in [4.78, 5) is 28.3. The van der Waals surface area contributed by atoms with Gasteiger partial charge in [-0.15, -0.1) is 10.2 Å². The van der Waals surface area contributed by atoms with Crippen LogP contribution in [0, 0.1) is 11.8 Å². The van der Waals surface area contributed by atoms with Crippen LogP contribution in [-0.4, -0.2) is 48.2 Å². The van der Waals surface area contributed by atoms with Crippen molar-refractivity contribution in [3.63, 3.8) is 0 Å². The summed E-state index contributed by atoms with van der Waals surface area (Å²) in [6.07, 6.45) is 4.45. The lowest BCUT2D eigenvalue weighted by atomic mass is 9.97. The maximum atomic E-state index is 12.4. The van der Waals surface area contributed by atoms with Gasteiger partial charge >= 0.3 is 0 Å². The number of piperidine rings is 2. The first-order valence-corrected chi connectivity index (χ1v) is 10.0. The summed E-state index contributed by atoms with van der Waals surface area (Å²) in [6.45, 7) is 7.20. The summed E-state index contributed by atoms with van der Waals surface area (Å²) >= 11 is 1.46. The van der Waals surface area contributed by atoms with Crippen LogP contribution >= 0.6 is 11.3 Å². The quantitative estimate of drug-likeness (QED) is 0.864. The van der Waals surface area contributed by atoms with Gasteiger partial charge in [0.2, 0.25) is 22.1 Å². The highest BCUT2D eigenvalue weighted by Crippen LogP contribution is 2.31. The number of carbonyl (C=O) groups excluding carboxylic acids is 2. The van der Waals surface area contributed by atoms with Gasteiger partial charge in [0.15, 0.2) is 0 Å². The van der Waals surface area contributed by atoms with Crippen LogP contribution in [0.4, 0.5) is 10.3 Å². The lowest BCUT2D eigenvalue weighted by molar-refractivity contribution is -0.125. The van der Waals surface area contributed by atoms with Crippen molar-refractivity contribution in [1.29, 1.82) is 0 Å². The van der Waals surface area contributed by atoms with Crippen molar-refractivity contribution in [2.24, 2.45) is 11.8 Å². The lowest BCUT2D eigenvalue weighted by Crippen LogP contribution is -2.43. The maximum absolute atomic E-state index is 12.4. The van der Waals surface area contributed by atoms with Crippen molar-refractivity contribution in [2.45, 2.75) is 46.0 Å². The molecule has 1 atom stereocenters. The largest absolute Gasteiger partial charge is 0.356 e. The van der Waals surface area contributed by atoms with Gasteiger partial charge < -0.3 is 10.2 Å². The minimum atomic E-state index is -0.00327. The van der Waals surface area contributed by atoms with E-state index >= 15 is 0 Å². The fourth-order valence-electron chi connectivity index (χ4n) is 3.27. The second kappa shape index (κ2) is 8.12. The van der Waals surface area contributed by atoms with Gasteiger partial charge in [-0.05, 0) is 31.6 Å². The molecule has 1 aromatic heterocycles. The van der Waals surface area contributed by atoms with E-state index in [1.165, 1.54) is 11.3 Å². The number of amides is 2. The molecule has 2 amide bonds. The number of anilines is 2. The molecule has 2 saturated heterocycles. The van der Waals surface area contributed by atoms with Gasteiger partial charge in [0, 0.05) is 32.6 Å². The van der Waals surface area contributed by atoms with E-state index in [9.17, 15) is 9.59 Å². The van der Waals surface area contributed by atoms with E-state index in [4.69, 9.17) is 0 Å². The van der Waals surface area contributed by atoms with Crippen molar-refractivity contribution in [3.05, 3.63) is 0 Å². The Kier molecular flexibility index (Phi) is 5.88. The van der Waals surface area contributed by atoms with Crippen LogP contribution in [0.1, 0.15) is 46.0 Å². The average molecular weight is 366 g/mol. The summed E-state index contributed by atoms with van der Waals surface area (Å²) < 4.78 is 0. The normalized spacial score (nSPS) is 21.7. The van der Waals surface area contributed by atoms with Crippen molar-refractivity contribution in [2.75, 3.05) is 36.0 Å². The Hall–Kier alpha value is -1.70. The van der Waals surface area contributed by atoms with Gasteiger partial charge in [-0.1, -0.05) is 25.2 Å². The maximum Gasteiger partial charge on any atom is 0.228 e. The van der Waals surface area contributed by atoms with Gasteiger partial charge in [0.25, 0.3) is 0 Å². The summed E-state index contributed by atoms with van der Waals surface area (Å²) in [6, 6.07) is 0. The van der Waals surface area contributed by atoms with E-state index in [2.05, 4.69) is 34.3 Å². The van der Waals surface area contributed by atoms with Gasteiger partial charge in [-0.25, -0.2) is 0 Å². The third-order valence-electron chi connectivity index (χ3n) is 4.71. The molecule has 138 valence electrons. The number of nitrogens with one attached hydrogen (secondary N) is 1. The topological polar surface area (TPSA) is 78.4 Å². The van der Waals surface area contributed by atoms with E-state index in [0.29, 0.717) is 24.0 Å². The standard InChI is InChI=1S/C17H27N5O2S/c1-12(2)10-18-15(24)13-6-5-8-21(11-13)16-19-20-17(25-16)22-9-4-3-7-14(22)23/h12-13H,3-11H2,1-2H3,(H,18,24). The summed E-state index contributed by atoms with van der Waals surface area (Å²) in [5, 5.41) is 13.0. The molecule has 3 rings (SSSR count). The Morgan fingerprint density at radius 1 is 1.24 bits per heavy atom. The van der Waals surface area contributed by atoms with Crippen LogP contribution < -0.4 is 15.1 Å². The second-order valence-electron chi connectivity index (χ2n) is 7.29. The molecule has 8 heteroatoms. The molecule has 2 aliphatic heterocycles. The molecule has 0 radical (unpaired) electrons. The highest BCUT2D eigenvalue weighted by atomic mass is 32.1. The molecule has 0 saturated carbocycles. The van der Waals surface area contributed by atoms with Crippen molar-refractivity contribution in [3.8, 4) is 0 Å². The molecule has 1 N–H and O–H groups in total. The van der Waals surface area contributed by atoms with Gasteiger partial charge in [0.05, 0.1) is 5.92 Å². The molecule has 3 heterocycles. The third kappa shape index (κ3) is 4.48. The first-order chi connectivity index (χ1) is 12.0. The highest BCUT2D eigenvalue weighted by molar-refractivity contribution is 7.19. The zero-order chi connectivity index (χ0) is 17.8. The predicted octanol–water partition coefficient (Wildman–Crippen LogP) is 2.04. The molecule has 25 heavy (non-hydrogen) atoms. The Bertz CT molecular complexity index is 618. The smallest absolute Gasteiger partial charge is 0.228 e. The Labute approximate surface area is 152 Å². The van der Waals surface area contributed by atoms with Crippen LogP contribution in [0.15, 0.2) is 0 Å². The third-order valence-corrected chi connectivity index (χ3v) is 5.71. The molecule has 2 aliphatic rings. The molecule has 7 nitrogen and oxygen atoms in total. The van der Waals surface area contributed by atoms with E-state index in [1.54, 1.807) is 4.90 Å². The first-order valence-electron chi connectivity index (χ1n) is 9.21. The van der Waals surface area contributed by atoms with Crippen molar-refractivity contribution < 1.29 is 9.59 Å².